The van der Waals surface area contributed by atoms with Crippen LogP contribution in [0, 0.1) is 41.5 Å². The first-order valence-electron chi connectivity index (χ1n) is 22.8. The second kappa shape index (κ2) is 17.9. The van der Waals surface area contributed by atoms with Crippen LogP contribution >= 0.6 is 0 Å². The SMILES string of the molecule is Cc1cc(C)c(C(c2ccc(N(c3nc(-c4ccccc4)nc(-c4cc5ccccc5cc4-c4ccccc4)n3)c3ccccc3-c3ccccc3)cc2)c2c(C)cc(C)cc2C)c(C)c1. The number of aromatic nitrogens is 3. The quantitative estimate of drug-likeness (QED) is 0.129. The minimum Gasteiger partial charge on any atom is -0.278 e. The number of anilines is 3. The number of benzene rings is 9. The highest BCUT2D eigenvalue weighted by Crippen LogP contribution is 2.44. The van der Waals surface area contributed by atoms with Crippen molar-refractivity contribution in [2.45, 2.75) is 47.5 Å². The molecule has 0 saturated heterocycles. The van der Waals surface area contributed by atoms with Gasteiger partial charge in [-0.05, 0) is 138 Å². The largest absolute Gasteiger partial charge is 0.278 e. The molecule has 0 aliphatic rings. The highest BCUT2D eigenvalue weighted by molar-refractivity contribution is 5.96. The van der Waals surface area contributed by atoms with Gasteiger partial charge in [0.2, 0.25) is 5.95 Å². The Morgan fingerprint density at radius 3 is 1.35 bits per heavy atom. The maximum absolute atomic E-state index is 5.53. The Morgan fingerprint density at radius 2 is 0.803 bits per heavy atom. The first-order valence-corrected chi connectivity index (χ1v) is 22.8. The van der Waals surface area contributed by atoms with E-state index in [-0.39, 0.29) is 5.92 Å². The molecule has 10 rings (SSSR count). The molecule has 0 aliphatic carbocycles. The molecule has 0 aliphatic heterocycles. The van der Waals surface area contributed by atoms with Crippen LogP contribution in [-0.2, 0) is 0 Å². The van der Waals surface area contributed by atoms with E-state index in [0.717, 1.165) is 55.5 Å². The molecule has 0 N–H and O–H groups in total. The van der Waals surface area contributed by atoms with E-state index in [2.05, 4.69) is 228 Å². The topological polar surface area (TPSA) is 41.9 Å². The van der Waals surface area contributed by atoms with Gasteiger partial charge in [0.05, 0.1) is 5.69 Å². The van der Waals surface area contributed by atoms with E-state index >= 15 is 0 Å². The van der Waals surface area contributed by atoms with E-state index in [1.54, 1.807) is 0 Å². The van der Waals surface area contributed by atoms with Crippen molar-refractivity contribution < 1.29 is 0 Å². The third-order valence-corrected chi connectivity index (χ3v) is 12.8. The second-order valence-corrected chi connectivity index (χ2v) is 17.6. The summed E-state index contributed by atoms with van der Waals surface area (Å²) in [7, 11) is 0. The summed E-state index contributed by atoms with van der Waals surface area (Å²) in [6.07, 6.45) is 0. The van der Waals surface area contributed by atoms with Crippen LogP contribution in [0.15, 0.2) is 200 Å². The van der Waals surface area contributed by atoms with Crippen molar-refractivity contribution in [2.24, 2.45) is 0 Å². The molecule has 4 nitrogen and oxygen atoms in total. The van der Waals surface area contributed by atoms with Crippen molar-refractivity contribution in [2.75, 3.05) is 4.90 Å². The number of hydrogen-bond acceptors (Lipinski definition) is 4. The van der Waals surface area contributed by atoms with Crippen LogP contribution in [0.4, 0.5) is 17.3 Å². The summed E-state index contributed by atoms with van der Waals surface area (Å²) in [6, 6.07) is 71.3. The third-order valence-electron chi connectivity index (χ3n) is 12.8. The Morgan fingerprint density at radius 1 is 0.364 bits per heavy atom. The summed E-state index contributed by atoms with van der Waals surface area (Å²) >= 11 is 0. The van der Waals surface area contributed by atoms with Crippen molar-refractivity contribution in [3.8, 4) is 45.0 Å². The van der Waals surface area contributed by atoms with Crippen LogP contribution in [0.3, 0.4) is 0 Å². The average molecular weight is 853 g/mol. The van der Waals surface area contributed by atoms with Crippen molar-refractivity contribution in [3.63, 3.8) is 0 Å². The molecule has 320 valence electrons. The molecule has 4 heteroatoms. The molecule has 0 spiro atoms. The minimum absolute atomic E-state index is 0.0306. The van der Waals surface area contributed by atoms with Crippen molar-refractivity contribution in [1.82, 2.24) is 15.0 Å². The van der Waals surface area contributed by atoms with Crippen LogP contribution < -0.4 is 4.90 Å². The number of fused-ring (bicyclic) bond motifs is 1. The van der Waals surface area contributed by atoms with E-state index in [9.17, 15) is 0 Å². The van der Waals surface area contributed by atoms with Gasteiger partial charge < -0.3 is 0 Å². The molecule has 1 aromatic heterocycles. The summed E-state index contributed by atoms with van der Waals surface area (Å²) < 4.78 is 0. The predicted molar refractivity (Wildman–Crippen MR) is 276 cm³/mol. The van der Waals surface area contributed by atoms with Crippen LogP contribution in [0.25, 0.3) is 55.8 Å². The Labute approximate surface area is 389 Å². The van der Waals surface area contributed by atoms with Gasteiger partial charge in [0.1, 0.15) is 0 Å². The lowest BCUT2D eigenvalue weighted by molar-refractivity contribution is 0.919. The van der Waals surface area contributed by atoms with Gasteiger partial charge in [-0.1, -0.05) is 181 Å². The molecular formula is C62H52N4. The Bertz CT molecular complexity index is 3260. The third kappa shape index (κ3) is 8.19. The minimum atomic E-state index is 0.0306. The molecule has 1 heterocycles. The fourth-order valence-corrected chi connectivity index (χ4v) is 10.1. The molecule has 0 fully saturated rings. The summed E-state index contributed by atoms with van der Waals surface area (Å²) in [6.45, 7) is 13.4. The first-order chi connectivity index (χ1) is 32.2. The molecular weight excluding hydrogens is 801 g/mol. The summed E-state index contributed by atoms with van der Waals surface area (Å²) in [5, 5.41) is 2.27. The molecule has 0 amide bonds. The van der Waals surface area contributed by atoms with E-state index in [0.29, 0.717) is 17.6 Å². The van der Waals surface area contributed by atoms with Crippen LogP contribution in [0.2, 0.25) is 0 Å². The van der Waals surface area contributed by atoms with E-state index < -0.39 is 0 Å². The van der Waals surface area contributed by atoms with E-state index in [4.69, 9.17) is 15.0 Å². The Balaban J connectivity index is 1.23. The Kier molecular flexibility index (Phi) is 11.4. The zero-order valence-electron chi connectivity index (χ0n) is 38.4. The number of hydrogen-bond donors (Lipinski definition) is 0. The summed E-state index contributed by atoms with van der Waals surface area (Å²) in [4.78, 5) is 18.5. The lowest BCUT2D eigenvalue weighted by Crippen LogP contribution is -2.17. The summed E-state index contributed by atoms with van der Waals surface area (Å²) in [5.74, 6) is 1.74. The number of para-hydroxylation sites is 1. The van der Waals surface area contributed by atoms with Crippen LogP contribution in [-0.4, -0.2) is 15.0 Å². The van der Waals surface area contributed by atoms with Gasteiger partial charge in [0, 0.05) is 28.3 Å². The Hall–Kier alpha value is -7.95. The zero-order valence-corrected chi connectivity index (χ0v) is 38.4. The molecule has 10 aromatic rings. The van der Waals surface area contributed by atoms with Gasteiger partial charge in [-0.15, -0.1) is 0 Å². The standard InChI is InChI=1S/C62H52N4/c1-40-34-42(3)57(43(4)35-40)59(58-44(5)36-41(2)37-45(58)6)48-30-32-52(33-31-48)66(56-29-19-18-28-53(56)46-20-10-7-11-21-46)62-64-60(49-24-14-9-15-25-49)63-61(65-62)55-39-51-27-17-16-26-50(51)38-54(55)47-22-12-8-13-23-47/h7-39,59H,1-6H3. The number of aryl methyl sites for hydroxylation is 6. The number of rotatable bonds is 10. The molecule has 0 unspecified atom stereocenters. The summed E-state index contributed by atoms with van der Waals surface area (Å²) in [5.41, 5.74) is 19.7. The molecule has 0 radical (unpaired) electrons. The van der Waals surface area contributed by atoms with E-state index in [1.807, 2.05) is 18.2 Å². The van der Waals surface area contributed by atoms with Gasteiger partial charge in [-0.3, -0.25) is 4.90 Å². The van der Waals surface area contributed by atoms with Crippen LogP contribution in [0.1, 0.15) is 56.0 Å². The van der Waals surface area contributed by atoms with Crippen molar-refractivity contribution >= 4 is 28.1 Å². The fraction of sp³-hybridized carbons (Fsp3) is 0.113. The first kappa shape index (κ1) is 42.0. The monoisotopic (exact) mass is 852 g/mol. The maximum atomic E-state index is 5.53. The zero-order chi connectivity index (χ0) is 45.3. The van der Waals surface area contributed by atoms with Crippen LogP contribution in [0.5, 0.6) is 0 Å². The second-order valence-electron chi connectivity index (χ2n) is 17.6. The highest BCUT2D eigenvalue weighted by Gasteiger charge is 2.27. The van der Waals surface area contributed by atoms with Gasteiger partial charge in [0.25, 0.3) is 0 Å². The maximum Gasteiger partial charge on any atom is 0.238 e. The molecule has 66 heavy (non-hydrogen) atoms. The average Bonchev–Trinajstić information content (AvgIpc) is 3.34. The lowest BCUT2D eigenvalue weighted by atomic mass is 9.77. The molecule has 9 aromatic carbocycles. The number of nitrogens with zero attached hydrogens (tertiary/aromatic N) is 4. The lowest BCUT2D eigenvalue weighted by Gasteiger charge is -2.29. The van der Waals surface area contributed by atoms with E-state index in [1.165, 1.54) is 50.1 Å². The highest BCUT2D eigenvalue weighted by atomic mass is 15.3. The van der Waals surface area contributed by atoms with Gasteiger partial charge in [-0.25, -0.2) is 4.98 Å². The predicted octanol–water partition coefficient (Wildman–Crippen LogP) is 16.2. The molecule has 0 bridgehead atoms. The van der Waals surface area contributed by atoms with Gasteiger partial charge >= 0.3 is 0 Å². The fourth-order valence-electron chi connectivity index (χ4n) is 10.1. The van der Waals surface area contributed by atoms with Crippen molar-refractivity contribution in [1.29, 1.82) is 0 Å². The molecule has 0 saturated carbocycles. The molecule has 0 atom stereocenters. The van der Waals surface area contributed by atoms with Gasteiger partial charge in [0.15, 0.2) is 11.6 Å². The normalized spacial score (nSPS) is 11.3. The van der Waals surface area contributed by atoms with Crippen molar-refractivity contribution in [3.05, 3.63) is 250 Å². The smallest absolute Gasteiger partial charge is 0.238 e. The van der Waals surface area contributed by atoms with Gasteiger partial charge in [-0.2, -0.15) is 9.97 Å².